The van der Waals surface area contributed by atoms with Gasteiger partial charge in [-0.25, -0.2) is 4.79 Å². The van der Waals surface area contributed by atoms with E-state index in [1.807, 2.05) is 13.0 Å². The summed E-state index contributed by atoms with van der Waals surface area (Å²) >= 11 is 0. The van der Waals surface area contributed by atoms with Gasteiger partial charge >= 0.3 is 5.97 Å². The van der Waals surface area contributed by atoms with Crippen molar-refractivity contribution in [2.45, 2.75) is 6.92 Å². The Hall–Kier alpha value is -1.77. The molecule has 0 heterocycles. The number of carbonyl (C=O) groups excluding carboxylic acids is 1. The standard InChI is InChI=1S/C11H12O3/c1-3-4-8-5-6-9(7-10(8)12)11(13)14-2/h3-7,12H,1-2H3/b4-3+. The Morgan fingerprint density at radius 1 is 1.50 bits per heavy atom. The Labute approximate surface area is 82.6 Å². The van der Waals surface area contributed by atoms with Crippen LogP contribution in [0.4, 0.5) is 0 Å². The lowest BCUT2D eigenvalue weighted by Gasteiger charge is -2.02. The van der Waals surface area contributed by atoms with Crippen LogP contribution >= 0.6 is 0 Å². The van der Waals surface area contributed by atoms with E-state index in [1.165, 1.54) is 13.2 Å². The van der Waals surface area contributed by atoms with E-state index in [9.17, 15) is 9.90 Å². The first-order chi connectivity index (χ1) is 6.69. The molecule has 0 aliphatic rings. The average molecular weight is 192 g/mol. The second kappa shape index (κ2) is 4.46. The smallest absolute Gasteiger partial charge is 0.337 e. The first-order valence-corrected chi connectivity index (χ1v) is 4.23. The highest BCUT2D eigenvalue weighted by Gasteiger charge is 2.07. The molecule has 0 radical (unpaired) electrons. The summed E-state index contributed by atoms with van der Waals surface area (Å²) in [5.74, 6) is -0.377. The predicted octanol–water partition coefficient (Wildman–Crippen LogP) is 2.21. The van der Waals surface area contributed by atoms with Crippen molar-refractivity contribution in [2.75, 3.05) is 7.11 Å². The van der Waals surface area contributed by atoms with Gasteiger partial charge in [-0.15, -0.1) is 0 Å². The van der Waals surface area contributed by atoms with Gasteiger partial charge < -0.3 is 9.84 Å². The van der Waals surface area contributed by atoms with Gasteiger partial charge in [0.15, 0.2) is 0 Å². The second-order valence-corrected chi connectivity index (χ2v) is 2.77. The molecule has 0 spiro atoms. The third kappa shape index (κ3) is 2.13. The minimum atomic E-state index is -0.452. The van der Waals surface area contributed by atoms with E-state index in [1.54, 1.807) is 18.2 Å². The Morgan fingerprint density at radius 3 is 2.71 bits per heavy atom. The van der Waals surface area contributed by atoms with Crippen LogP contribution in [0.1, 0.15) is 22.8 Å². The number of aromatic hydroxyl groups is 1. The Kier molecular flexibility index (Phi) is 3.29. The number of phenolic OH excluding ortho intramolecular Hbond substituents is 1. The van der Waals surface area contributed by atoms with Crippen LogP contribution in [0, 0.1) is 0 Å². The predicted molar refractivity (Wildman–Crippen MR) is 54.2 cm³/mol. The van der Waals surface area contributed by atoms with E-state index in [0.717, 1.165) is 0 Å². The lowest BCUT2D eigenvalue weighted by Crippen LogP contribution is -2.00. The molecule has 1 rings (SSSR count). The third-order valence-corrected chi connectivity index (χ3v) is 1.80. The maximum absolute atomic E-state index is 11.1. The van der Waals surface area contributed by atoms with Gasteiger partial charge in [-0.3, -0.25) is 0 Å². The molecule has 0 unspecified atom stereocenters. The summed E-state index contributed by atoms with van der Waals surface area (Å²) in [6, 6.07) is 4.67. The summed E-state index contributed by atoms with van der Waals surface area (Å²) in [5.41, 5.74) is 1.03. The molecular weight excluding hydrogens is 180 g/mol. The number of ether oxygens (including phenoxy) is 1. The molecule has 0 aromatic heterocycles. The van der Waals surface area contributed by atoms with E-state index >= 15 is 0 Å². The number of hydrogen-bond acceptors (Lipinski definition) is 3. The van der Waals surface area contributed by atoms with Crippen LogP contribution in [-0.2, 0) is 4.74 Å². The molecule has 1 aromatic carbocycles. The van der Waals surface area contributed by atoms with Crippen molar-refractivity contribution < 1.29 is 14.6 Å². The van der Waals surface area contributed by atoms with Crippen LogP contribution in [0.15, 0.2) is 24.3 Å². The third-order valence-electron chi connectivity index (χ3n) is 1.80. The van der Waals surface area contributed by atoms with Crippen LogP contribution in [0.25, 0.3) is 6.08 Å². The number of rotatable bonds is 2. The van der Waals surface area contributed by atoms with Crippen molar-refractivity contribution in [1.29, 1.82) is 0 Å². The second-order valence-electron chi connectivity index (χ2n) is 2.77. The van der Waals surface area contributed by atoms with Crippen molar-refractivity contribution in [3.63, 3.8) is 0 Å². The Bertz CT molecular complexity index is 367. The van der Waals surface area contributed by atoms with E-state index in [-0.39, 0.29) is 5.75 Å². The average Bonchev–Trinajstić information content (AvgIpc) is 2.20. The molecule has 0 amide bonds. The Morgan fingerprint density at radius 2 is 2.21 bits per heavy atom. The van der Waals surface area contributed by atoms with Crippen molar-refractivity contribution in [2.24, 2.45) is 0 Å². The fourth-order valence-electron chi connectivity index (χ4n) is 1.11. The number of allylic oxidation sites excluding steroid dienone is 1. The topological polar surface area (TPSA) is 46.5 Å². The van der Waals surface area contributed by atoms with E-state index < -0.39 is 5.97 Å². The molecule has 0 aliphatic heterocycles. The van der Waals surface area contributed by atoms with E-state index in [0.29, 0.717) is 11.1 Å². The minimum absolute atomic E-state index is 0.0750. The maximum Gasteiger partial charge on any atom is 0.337 e. The lowest BCUT2D eigenvalue weighted by molar-refractivity contribution is 0.0600. The van der Waals surface area contributed by atoms with Gasteiger partial charge in [0, 0.05) is 5.56 Å². The number of methoxy groups -OCH3 is 1. The molecule has 14 heavy (non-hydrogen) atoms. The van der Waals surface area contributed by atoms with Gasteiger partial charge in [-0.1, -0.05) is 18.2 Å². The molecule has 1 N–H and O–H groups in total. The van der Waals surface area contributed by atoms with E-state index in [2.05, 4.69) is 4.74 Å². The first-order valence-electron chi connectivity index (χ1n) is 4.23. The largest absolute Gasteiger partial charge is 0.507 e. The molecule has 0 atom stereocenters. The monoisotopic (exact) mass is 192 g/mol. The highest BCUT2D eigenvalue weighted by Crippen LogP contribution is 2.20. The lowest BCUT2D eigenvalue weighted by atomic mass is 10.1. The number of esters is 1. The first kappa shape index (κ1) is 10.3. The molecular formula is C11H12O3. The molecule has 0 saturated carbocycles. The quantitative estimate of drug-likeness (QED) is 0.731. The molecule has 74 valence electrons. The SMILES string of the molecule is C/C=C/c1ccc(C(=O)OC)cc1O. The summed E-state index contributed by atoms with van der Waals surface area (Å²) in [6.45, 7) is 1.85. The van der Waals surface area contributed by atoms with Crippen molar-refractivity contribution in [1.82, 2.24) is 0 Å². The minimum Gasteiger partial charge on any atom is -0.507 e. The summed E-state index contributed by atoms with van der Waals surface area (Å²) in [5, 5.41) is 9.51. The molecule has 0 aliphatic carbocycles. The van der Waals surface area contributed by atoms with Gasteiger partial charge in [0.2, 0.25) is 0 Å². The maximum atomic E-state index is 11.1. The highest BCUT2D eigenvalue weighted by molar-refractivity contribution is 5.90. The summed E-state index contributed by atoms with van der Waals surface area (Å²) in [4.78, 5) is 11.1. The summed E-state index contributed by atoms with van der Waals surface area (Å²) < 4.78 is 4.52. The molecule has 0 fully saturated rings. The molecule has 3 heteroatoms. The number of hydrogen-bond donors (Lipinski definition) is 1. The van der Waals surface area contributed by atoms with Crippen LogP contribution in [-0.4, -0.2) is 18.2 Å². The van der Waals surface area contributed by atoms with Gasteiger partial charge in [-0.2, -0.15) is 0 Å². The summed E-state index contributed by atoms with van der Waals surface area (Å²) in [7, 11) is 1.30. The fourth-order valence-corrected chi connectivity index (χ4v) is 1.11. The van der Waals surface area contributed by atoms with Crippen LogP contribution in [0.2, 0.25) is 0 Å². The molecule has 0 saturated heterocycles. The zero-order valence-electron chi connectivity index (χ0n) is 8.15. The van der Waals surface area contributed by atoms with Crippen LogP contribution in [0.5, 0.6) is 5.75 Å². The normalized spacial score (nSPS) is 10.4. The Balaban J connectivity index is 3.06. The van der Waals surface area contributed by atoms with Gasteiger partial charge in [-0.05, 0) is 19.1 Å². The summed E-state index contributed by atoms with van der Waals surface area (Å²) in [6.07, 6.45) is 3.57. The van der Waals surface area contributed by atoms with Gasteiger partial charge in [0.1, 0.15) is 5.75 Å². The van der Waals surface area contributed by atoms with Crippen LogP contribution < -0.4 is 0 Å². The zero-order valence-corrected chi connectivity index (χ0v) is 8.15. The van der Waals surface area contributed by atoms with E-state index in [4.69, 9.17) is 0 Å². The highest BCUT2D eigenvalue weighted by atomic mass is 16.5. The zero-order chi connectivity index (χ0) is 10.6. The van der Waals surface area contributed by atoms with Gasteiger partial charge in [0.05, 0.1) is 12.7 Å². The van der Waals surface area contributed by atoms with Crippen molar-refractivity contribution >= 4 is 12.0 Å². The molecule has 1 aromatic rings. The number of benzene rings is 1. The van der Waals surface area contributed by atoms with Crippen molar-refractivity contribution in [3.05, 3.63) is 35.4 Å². The van der Waals surface area contributed by atoms with Crippen molar-refractivity contribution in [3.8, 4) is 5.75 Å². The van der Waals surface area contributed by atoms with Gasteiger partial charge in [0.25, 0.3) is 0 Å². The fraction of sp³-hybridized carbons (Fsp3) is 0.182. The van der Waals surface area contributed by atoms with Crippen LogP contribution in [0.3, 0.4) is 0 Å². The number of carbonyl (C=O) groups is 1. The number of phenols is 1. The molecule has 3 nitrogen and oxygen atoms in total. The molecule has 0 bridgehead atoms.